The highest BCUT2D eigenvalue weighted by Crippen LogP contribution is 2.47. The molecule has 31 heavy (non-hydrogen) atoms. The summed E-state index contributed by atoms with van der Waals surface area (Å²) in [5.74, 6) is -2.67. The van der Waals surface area contributed by atoms with E-state index >= 15 is 0 Å². The summed E-state index contributed by atoms with van der Waals surface area (Å²) in [6.07, 6.45) is 2.93. The fraction of sp³-hybridized carbons (Fsp3) is 0.714. The normalized spacial score (nSPS) is 33.6. The Hall–Kier alpha value is -1.88. The number of nitrogen functional groups attached to an aromatic ring is 1. The molecule has 2 aromatic rings. The number of hydrogen-bond acceptors (Lipinski definition) is 7. The average molecular weight is 437 g/mol. The first kappa shape index (κ1) is 21.0. The van der Waals surface area contributed by atoms with Gasteiger partial charge in [-0.2, -0.15) is 0 Å². The molecule has 3 aliphatic rings. The molecule has 0 aromatic carbocycles. The minimum Gasteiger partial charge on any atom is -0.390 e. The van der Waals surface area contributed by atoms with Crippen molar-refractivity contribution in [2.75, 3.05) is 39.0 Å². The van der Waals surface area contributed by atoms with Crippen molar-refractivity contribution in [3.8, 4) is 0 Å². The van der Waals surface area contributed by atoms with Crippen molar-refractivity contribution in [3.63, 3.8) is 0 Å². The predicted molar refractivity (Wildman–Crippen MR) is 112 cm³/mol. The molecule has 2 saturated heterocycles. The Morgan fingerprint density at radius 3 is 2.68 bits per heavy atom. The van der Waals surface area contributed by atoms with Crippen LogP contribution in [0.5, 0.6) is 0 Å². The minimum absolute atomic E-state index is 0.124. The zero-order valence-corrected chi connectivity index (χ0v) is 17.7. The number of aliphatic hydroxyl groups excluding tert-OH is 2. The fourth-order valence-corrected chi connectivity index (χ4v) is 5.98. The zero-order valence-electron chi connectivity index (χ0n) is 17.7. The van der Waals surface area contributed by atoms with Crippen molar-refractivity contribution in [2.24, 2.45) is 5.92 Å². The van der Waals surface area contributed by atoms with Crippen LogP contribution < -0.4 is 5.73 Å². The third-order valence-electron chi connectivity index (χ3n) is 7.72. The molecule has 3 fully saturated rings. The number of hydrogen-bond donors (Lipinski definition) is 3. The van der Waals surface area contributed by atoms with Crippen LogP contribution in [0, 0.1) is 5.92 Å². The van der Waals surface area contributed by atoms with Gasteiger partial charge in [0.2, 0.25) is 0 Å². The number of nitrogens with two attached hydrogens (primary N) is 1. The van der Waals surface area contributed by atoms with E-state index in [0.717, 1.165) is 13.1 Å². The van der Waals surface area contributed by atoms with Crippen molar-refractivity contribution in [2.45, 2.75) is 55.4 Å². The maximum Gasteiger partial charge on any atom is 0.262 e. The second-order valence-electron chi connectivity index (χ2n) is 9.70. The molecular weight excluding hydrogens is 406 g/mol. The SMILES string of the molecule is CN1CCC2(CC1)CC(F)(F)CN2CC1C[C@@H](n2ccc3c(N)ncnc32)[C@H](O)[C@@H]1O. The molecule has 4 heterocycles. The summed E-state index contributed by atoms with van der Waals surface area (Å²) in [7, 11) is 2.02. The predicted octanol–water partition coefficient (Wildman–Crippen LogP) is 1.10. The molecule has 0 amide bonds. The van der Waals surface area contributed by atoms with Gasteiger partial charge in [-0.15, -0.1) is 0 Å². The van der Waals surface area contributed by atoms with Gasteiger partial charge in [-0.05, 0) is 45.5 Å². The van der Waals surface area contributed by atoms with E-state index in [1.807, 2.05) is 16.5 Å². The highest BCUT2D eigenvalue weighted by molar-refractivity contribution is 5.86. The van der Waals surface area contributed by atoms with E-state index in [9.17, 15) is 19.0 Å². The van der Waals surface area contributed by atoms with Gasteiger partial charge in [0.1, 0.15) is 23.9 Å². The Bertz CT molecular complexity index is 960. The van der Waals surface area contributed by atoms with Gasteiger partial charge < -0.3 is 25.4 Å². The summed E-state index contributed by atoms with van der Waals surface area (Å²) in [6, 6.07) is 1.40. The number of rotatable bonds is 3. The van der Waals surface area contributed by atoms with Crippen LogP contribution in [0.3, 0.4) is 0 Å². The summed E-state index contributed by atoms with van der Waals surface area (Å²) in [6.45, 7) is 1.66. The van der Waals surface area contributed by atoms with Gasteiger partial charge in [-0.1, -0.05) is 0 Å². The number of alkyl halides is 2. The molecule has 4 atom stereocenters. The molecule has 2 aromatic heterocycles. The third-order valence-corrected chi connectivity index (χ3v) is 7.72. The van der Waals surface area contributed by atoms with Crippen LogP contribution in [0.1, 0.15) is 31.7 Å². The average Bonchev–Trinajstić information content (AvgIpc) is 3.34. The van der Waals surface area contributed by atoms with Crippen LogP contribution in [0.2, 0.25) is 0 Å². The molecule has 5 rings (SSSR count). The number of fused-ring (bicyclic) bond motifs is 1. The molecule has 4 N–H and O–H groups in total. The minimum atomic E-state index is -2.72. The van der Waals surface area contributed by atoms with Crippen molar-refractivity contribution < 1.29 is 19.0 Å². The Morgan fingerprint density at radius 2 is 1.94 bits per heavy atom. The lowest BCUT2D eigenvalue weighted by molar-refractivity contribution is -0.0145. The Labute approximate surface area is 179 Å². The van der Waals surface area contributed by atoms with Gasteiger partial charge >= 0.3 is 0 Å². The topological polar surface area (TPSA) is 104 Å². The monoisotopic (exact) mass is 436 g/mol. The van der Waals surface area contributed by atoms with Crippen molar-refractivity contribution >= 4 is 16.9 Å². The highest BCUT2D eigenvalue weighted by atomic mass is 19.3. The number of anilines is 1. The summed E-state index contributed by atoms with van der Waals surface area (Å²) < 4.78 is 30.8. The molecular formula is C21H30F2N6O2. The summed E-state index contributed by atoms with van der Waals surface area (Å²) >= 11 is 0. The molecule has 1 saturated carbocycles. The van der Waals surface area contributed by atoms with Gasteiger partial charge in [0.25, 0.3) is 5.92 Å². The third kappa shape index (κ3) is 3.49. The number of likely N-dealkylation sites (tertiary alicyclic amines) is 2. The number of aromatic nitrogens is 3. The van der Waals surface area contributed by atoms with Gasteiger partial charge in [0.05, 0.1) is 24.1 Å². The molecule has 0 radical (unpaired) electrons. The molecule has 0 bridgehead atoms. The number of piperidine rings is 1. The summed E-state index contributed by atoms with van der Waals surface area (Å²) in [4.78, 5) is 12.4. The first-order chi connectivity index (χ1) is 14.7. The van der Waals surface area contributed by atoms with Crippen LogP contribution in [-0.2, 0) is 0 Å². The standard InChI is InChI=1S/C21H30F2N6O2/c1-27-6-3-20(4-7-27)10-21(22,23)11-28(20)9-13-8-15(17(31)16(13)30)29-5-2-14-18(24)25-12-26-19(14)29/h2,5,12-13,15-17,30-31H,3-4,6-11H2,1H3,(H2,24,25,26)/t13?,15-,16-,17+/m1/s1. The maximum atomic E-state index is 14.5. The Kier molecular flexibility index (Phi) is 4.96. The number of nitrogens with zero attached hydrogens (tertiary/aromatic N) is 5. The summed E-state index contributed by atoms with van der Waals surface area (Å²) in [5.41, 5.74) is 6.00. The quantitative estimate of drug-likeness (QED) is 0.662. The molecule has 1 unspecified atom stereocenters. The fourth-order valence-electron chi connectivity index (χ4n) is 5.98. The van der Waals surface area contributed by atoms with Crippen LogP contribution in [-0.4, -0.2) is 91.4 Å². The van der Waals surface area contributed by atoms with Crippen LogP contribution in [0.25, 0.3) is 11.0 Å². The summed E-state index contributed by atoms with van der Waals surface area (Å²) in [5, 5.41) is 22.3. The smallest absolute Gasteiger partial charge is 0.262 e. The van der Waals surface area contributed by atoms with Crippen LogP contribution in [0.15, 0.2) is 18.6 Å². The zero-order chi connectivity index (χ0) is 22.0. The highest BCUT2D eigenvalue weighted by Gasteiger charge is 2.56. The van der Waals surface area contributed by atoms with E-state index in [1.54, 1.807) is 12.3 Å². The van der Waals surface area contributed by atoms with E-state index in [1.165, 1.54) is 6.33 Å². The first-order valence-corrected chi connectivity index (χ1v) is 10.9. The molecule has 8 nitrogen and oxygen atoms in total. The molecule has 2 aliphatic heterocycles. The van der Waals surface area contributed by atoms with Crippen molar-refractivity contribution in [3.05, 3.63) is 18.6 Å². The Balaban J connectivity index is 1.38. The van der Waals surface area contributed by atoms with Gasteiger partial charge in [0.15, 0.2) is 0 Å². The molecule has 1 spiro atoms. The van der Waals surface area contributed by atoms with Crippen molar-refractivity contribution in [1.29, 1.82) is 0 Å². The van der Waals surface area contributed by atoms with Crippen LogP contribution in [0.4, 0.5) is 14.6 Å². The van der Waals surface area contributed by atoms with Gasteiger partial charge in [-0.3, -0.25) is 4.90 Å². The second-order valence-corrected chi connectivity index (χ2v) is 9.70. The van der Waals surface area contributed by atoms with E-state index in [0.29, 0.717) is 42.7 Å². The lowest BCUT2D eigenvalue weighted by Crippen LogP contribution is -2.53. The molecule has 1 aliphatic carbocycles. The lowest BCUT2D eigenvalue weighted by atomic mass is 9.84. The van der Waals surface area contributed by atoms with E-state index in [-0.39, 0.29) is 18.9 Å². The van der Waals surface area contributed by atoms with Gasteiger partial charge in [-0.25, -0.2) is 18.7 Å². The van der Waals surface area contributed by atoms with Crippen molar-refractivity contribution in [1.82, 2.24) is 24.3 Å². The van der Waals surface area contributed by atoms with Crippen LogP contribution >= 0.6 is 0 Å². The molecule has 170 valence electrons. The molecule has 10 heteroatoms. The van der Waals surface area contributed by atoms with E-state index < -0.39 is 29.7 Å². The van der Waals surface area contributed by atoms with Gasteiger partial charge in [0, 0.05) is 30.6 Å². The first-order valence-electron chi connectivity index (χ1n) is 10.9. The second kappa shape index (κ2) is 7.33. The number of aliphatic hydroxyl groups is 2. The lowest BCUT2D eigenvalue weighted by Gasteiger charge is -2.44. The largest absolute Gasteiger partial charge is 0.390 e. The van der Waals surface area contributed by atoms with E-state index in [4.69, 9.17) is 5.73 Å². The Morgan fingerprint density at radius 1 is 1.19 bits per heavy atom. The van der Waals surface area contributed by atoms with E-state index in [2.05, 4.69) is 14.9 Å². The number of halogens is 2. The maximum absolute atomic E-state index is 14.5.